The molecule has 0 aliphatic heterocycles. The maximum atomic E-state index is 9.98. The minimum atomic E-state index is -0.496. The first-order valence-corrected chi connectivity index (χ1v) is 4.87. The molecule has 0 saturated heterocycles. The second kappa shape index (κ2) is 3.95. The average molecular weight is 190 g/mol. The standard InChI is InChI=1S/C12H14O2/c13-11-7-6-10(8-11)12(14)9-4-2-1-3-5-9/h1-7,10-14H,8H2/t10-,11+,12+/m1/s1. The molecule has 1 aromatic rings. The van der Waals surface area contributed by atoms with Gasteiger partial charge in [0.05, 0.1) is 12.2 Å². The molecule has 0 heterocycles. The zero-order chi connectivity index (χ0) is 9.97. The third kappa shape index (κ3) is 1.86. The maximum absolute atomic E-state index is 9.98. The molecule has 1 aromatic carbocycles. The SMILES string of the molecule is O[C@H]1C=C[C@@H]([C@@H](O)c2ccccc2)C1. The largest absolute Gasteiger partial charge is 0.389 e. The van der Waals surface area contributed by atoms with E-state index in [2.05, 4.69) is 0 Å². The third-order valence-electron chi connectivity index (χ3n) is 2.64. The summed E-state index contributed by atoms with van der Waals surface area (Å²) in [6.07, 6.45) is 3.37. The summed E-state index contributed by atoms with van der Waals surface area (Å²) in [4.78, 5) is 0. The van der Waals surface area contributed by atoms with Crippen LogP contribution in [0.2, 0.25) is 0 Å². The van der Waals surface area contributed by atoms with Gasteiger partial charge >= 0.3 is 0 Å². The van der Waals surface area contributed by atoms with E-state index in [9.17, 15) is 10.2 Å². The maximum Gasteiger partial charge on any atom is 0.0853 e. The van der Waals surface area contributed by atoms with E-state index in [4.69, 9.17) is 0 Å². The number of aliphatic hydroxyl groups excluding tert-OH is 2. The highest BCUT2D eigenvalue weighted by Gasteiger charge is 2.24. The minimum Gasteiger partial charge on any atom is -0.389 e. The van der Waals surface area contributed by atoms with Crippen LogP contribution in [-0.2, 0) is 0 Å². The van der Waals surface area contributed by atoms with Gasteiger partial charge in [-0.25, -0.2) is 0 Å². The van der Waals surface area contributed by atoms with Crippen molar-refractivity contribution in [3.63, 3.8) is 0 Å². The van der Waals surface area contributed by atoms with Crippen LogP contribution in [0.4, 0.5) is 0 Å². The molecule has 0 radical (unpaired) electrons. The van der Waals surface area contributed by atoms with Gasteiger partial charge in [0.1, 0.15) is 0 Å². The quantitative estimate of drug-likeness (QED) is 0.696. The van der Waals surface area contributed by atoms with Crippen molar-refractivity contribution in [1.82, 2.24) is 0 Å². The molecule has 1 aliphatic carbocycles. The fourth-order valence-electron chi connectivity index (χ4n) is 1.84. The van der Waals surface area contributed by atoms with Gasteiger partial charge in [-0.1, -0.05) is 42.5 Å². The first-order chi connectivity index (χ1) is 6.77. The lowest BCUT2D eigenvalue weighted by molar-refractivity contribution is 0.108. The van der Waals surface area contributed by atoms with Gasteiger partial charge in [-0.05, 0) is 12.0 Å². The third-order valence-corrected chi connectivity index (χ3v) is 2.64. The molecule has 0 unspecified atom stereocenters. The normalized spacial score (nSPS) is 27.9. The first kappa shape index (κ1) is 9.44. The highest BCUT2D eigenvalue weighted by atomic mass is 16.3. The number of hydrogen-bond acceptors (Lipinski definition) is 2. The molecule has 2 nitrogen and oxygen atoms in total. The predicted molar refractivity (Wildman–Crippen MR) is 54.7 cm³/mol. The van der Waals surface area contributed by atoms with Gasteiger partial charge in [0.15, 0.2) is 0 Å². The van der Waals surface area contributed by atoms with E-state index in [1.807, 2.05) is 36.4 Å². The summed E-state index contributed by atoms with van der Waals surface area (Å²) >= 11 is 0. The van der Waals surface area contributed by atoms with Crippen molar-refractivity contribution in [3.05, 3.63) is 48.0 Å². The lowest BCUT2D eigenvalue weighted by Crippen LogP contribution is -2.11. The predicted octanol–water partition coefficient (Wildman–Crippen LogP) is 1.66. The van der Waals surface area contributed by atoms with Gasteiger partial charge in [0.2, 0.25) is 0 Å². The second-order valence-corrected chi connectivity index (χ2v) is 3.71. The topological polar surface area (TPSA) is 40.5 Å². The molecule has 0 aromatic heterocycles. The van der Waals surface area contributed by atoms with E-state index in [0.717, 1.165) is 5.56 Å². The van der Waals surface area contributed by atoms with E-state index in [1.54, 1.807) is 6.08 Å². The Morgan fingerprint density at radius 3 is 2.43 bits per heavy atom. The Morgan fingerprint density at radius 2 is 1.86 bits per heavy atom. The molecule has 0 spiro atoms. The van der Waals surface area contributed by atoms with Crippen molar-refractivity contribution in [2.24, 2.45) is 5.92 Å². The highest BCUT2D eigenvalue weighted by molar-refractivity contribution is 5.20. The van der Waals surface area contributed by atoms with Gasteiger partial charge in [0, 0.05) is 5.92 Å². The number of hydrogen-bond donors (Lipinski definition) is 2. The molecule has 74 valence electrons. The summed E-state index contributed by atoms with van der Waals surface area (Å²) < 4.78 is 0. The molecule has 2 rings (SSSR count). The van der Waals surface area contributed by atoms with Gasteiger partial charge in [-0.3, -0.25) is 0 Å². The number of rotatable bonds is 2. The van der Waals surface area contributed by atoms with Crippen LogP contribution >= 0.6 is 0 Å². The molecular formula is C12H14O2. The Labute approximate surface area is 83.5 Å². The lowest BCUT2D eigenvalue weighted by atomic mass is 9.95. The van der Waals surface area contributed by atoms with Crippen molar-refractivity contribution in [1.29, 1.82) is 0 Å². The molecule has 2 heteroatoms. The smallest absolute Gasteiger partial charge is 0.0853 e. The van der Waals surface area contributed by atoms with E-state index in [0.29, 0.717) is 6.42 Å². The van der Waals surface area contributed by atoms with Crippen LogP contribution in [0.15, 0.2) is 42.5 Å². The van der Waals surface area contributed by atoms with Crippen molar-refractivity contribution < 1.29 is 10.2 Å². The van der Waals surface area contributed by atoms with E-state index in [-0.39, 0.29) is 5.92 Å². The number of benzene rings is 1. The van der Waals surface area contributed by atoms with Crippen LogP contribution in [0.25, 0.3) is 0 Å². The van der Waals surface area contributed by atoms with Crippen LogP contribution in [0.3, 0.4) is 0 Å². The van der Waals surface area contributed by atoms with E-state index in [1.165, 1.54) is 0 Å². The summed E-state index contributed by atoms with van der Waals surface area (Å²) in [5, 5.41) is 19.3. The molecule has 2 N–H and O–H groups in total. The summed E-state index contributed by atoms with van der Waals surface area (Å²) in [5.41, 5.74) is 0.913. The van der Waals surface area contributed by atoms with Crippen LogP contribution in [0.1, 0.15) is 18.1 Å². The molecule has 3 atom stereocenters. The van der Waals surface area contributed by atoms with Crippen molar-refractivity contribution in [2.75, 3.05) is 0 Å². The Kier molecular flexibility index (Phi) is 2.66. The van der Waals surface area contributed by atoms with Crippen LogP contribution in [0, 0.1) is 5.92 Å². The minimum absolute atomic E-state index is 0.0485. The second-order valence-electron chi connectivity index (χ2n) is 3.71. The Hall–Kier alpha value is -1.12. The Bertz CT molecular complexity index is 318. The highest BCUT2D eigenvalue weighted by Crippen LogP contribution is 2.30. The van der Waals surface area contributed by atoms with E-state index >= 15 is 0 Å². The fraction of sp³-hybridized carbons (Fsp3) is 0.333. The number of aliphatic hydroxyl groups is 2. The molecular weight excluding hydrogens is 176 g/mol. The lowest BCUT2D eigenvalue weighted by Gasteiger charge is -2.17. The molecule has 0 fully saturated rings. The van der Waals surface area contributed by atoms with Crippen molar-refractivity contribution in [3.8, 4) is 0 Å². The summed E-state index contributed by atoms with van der Waals surface area (Å²) in [7, 11) is 0. The Morgan fingerprint density at radius 1 is 1.14 bits per heavy atom. The van der Waals surface area contributed by atoms with Gasteiger partial charge in [-0.15, -0.1) is 0 Å². The first-order valence-electron chi connectivity index (χ1n) is 4.87. The average Bonchev–Trinajstić information content (AvgIpc) is 2.65. The summed E-state index contributed by atoms with van der Waals surface area (Å²) in [5.74, 6) is 0.0485. The van der Waals surface area contributed by atoms with Crippen LogP contribution < -0.4 is 0 Å². The molecule has 0 bridgehead atoms. The van der Waals surface area contributed by atoms with Gasteiger partial charge in [0.25, 0.3) is 0 Å². The molecule has 1 aliphatic rings. The summed E-state index contributed by atoms with van der Waals surface area (Å²) in [6.45, 7) is 0. The van der Waals surface area contributed by atoms with Crippen molar-refractivity contribution in [2.45, 2.75) is 18.6 Å². The van der Waals surface area contributed by atoms with Crippen LogP contribution in [-0.4, -0.2) is 16.3 Å². The van der Waals surface area contributed by atoms with Gasteiger partial charge in [-0.2, -0.15) is 0 Å². The van der Waals surface area contributed by atoms with Crippen LogP contribution in [0.5, 0.6) is 0 Å². The van der Waals surface area contributed by atoms with E-state index < -0.39 is 12.2 Å². The molecule has 14 heavy (non-hydrogen) atoms. The van der Waals surface area contributed by atoms with Gasteiger partial charge < -0.3 is 10.2 Å². The Balaban J connectivity index is 2.10. The fourth-order valence-corrected chi connectivity index (χ4v) is 1.84. The van der Waals surface area contributed by atoms with Crippen molar-refractivity contribution >= 4 is 0 Å². The zero-order valence-electron chi connectivity index (χ0n) is 7.88. The molecule has 0 saturated carbocycles. The molecule has 0 amide bonds. The zero-order valence-corrected chi connectivity index (χ0v) is 7.88. The monoisotopic (exact) mass is 190 g/mol. The summed E-state index contributed by atoms with van der Waals surface area (Å²) in [6, 6.07) is 9.56.